The van der Waals surface area contributed by atoms with Gasteiger partial charge in [0.1, 0.15) is 11.5 Å². The quantitative estimate of drug-likeness (QED) is 0.336. The number of amidine groups is 1. The molecule has 0 atom stereocenters. The summed E-state index contributed by atoms with van der Waals surface area (Å²) in [5, 5.41) is 3.27. The van der Waals surface area contributed by atoms with Crippen LogP contribution in [0.2, 0.25) is 0 Å². The third kappa shape index (κ3) is 5.07. The maximum atomic E-state index is 12.6. The maximum absolute atomic E-state index is 12.6. The van der Waals surface area contributed by atoms with Gasteiger partial charge in [-0.3, -0.25) is 4.79 Å². The van der Waals surface area contributed by atoms with E-state index in [2.05, 4.69) is 10.3 Å². The number of aliphatic imine (C=N–C) groups is 1. The number of benzene rings is 3. The van der Waals surface area contributed by atoms with Crippen LogP contribution in [0.15, 0.2) is 82.7 Å². The highest BCUT2D eigenvalue weighted by molar-refractivity contribution is 8.18. The fraction of sp³-hybridized carbons (Fsp3) is 0.0800. The number of amides is 1. The fourth-order valence-electron chi connectivity index (χ4n) is 2.94. The molecule has 0 aromatic heterocycles. The molecule has 0 radical (unpaired) electrons. The molecule has 0 unspecified atom stereocenters. The number of carbonyl (C=O) groups excluding carboxylic acids is 2. The van der Waals surface area contributed by atoms with E-state index >= 15 is 0 Å². The van der Waals surface area contributed by atoms with Gasteiger partial charge in [-0.05, 0) is 67.2 Å². The van der Waals surface area contributed by atoms with Crippen LogP contribution in [0.25, 0.3) is 6.08 Å². The van der Waals surface area contributed by atoms with E-state index in [0.29, 0.717) is 32.7 Å². The van der Waals surface area contributed by atoms with Crippen molar-refractivity contribution < 1.29 is 19.1 Å². The second kappa shape index (κ2) is 9.53. The highest BCUT2D eigenvalue weighted by Gasteiger charge is 2.24. The number of carbonyl (C=O) groups is 2. The van der Waals surface area contributed by atoms with E-state index in [1.165, 1.54) is 11.8 Å². The molecular formula is C25H20N2O4S. The molecule has 32 heavy (non-hydrogen) atoms. The molecular weight excluding hydrogens is 424 g/mol. The summed E-state index contributed by atoms with van der Waals surface area (Å²) < 4.78 is 10.7. The van der Waals surface area contributed by atoms with Crippen LogP contribution in [0.5, 0.6) is 11.5 Å². The molecule has 160 valence electrons. The van der Waals surface area contributed by atoms with Gasteiger partial charge in [0.25, 0.3) is 5.91 Å². The summed E-state index contributed by atoms with van der Waals surface area (Å²) in [7, 11) is 1.56. The van der Waals surface area contributed by atoms with Gasteiger partial charge in [-0.25, -0.2) is 9.79 Å². The molecule has 1 heterocycles. The standard InChI is InChI=1S/C25H20N2O4S/c1-16-7-11-19(12-8-16)26-25-27-23(28)22(32-25)15-18-5-3-4-6-21(18)31-24(29)17-9-13-20(30-2)14-10-17/h3-15H,1-2H3,(H,26,27,28)/b22-15-. The Bertz CT molecular complexity index is 1220. The minimum absolute atomic E-state index is 0.253. The minimum atomic E-state index is -0.497. The SMILES string of the molecule is COc1ccc(C(=O)Oc2ccccc2/C=C2\SC(=Nc3ccc(C)cc3)NC2=O)cc1. The Morgan fingerprint density at radius 1 is 1.00 bits per heavy atom. The van der Waals surface area contributed by atoms with Gasteiger partial charge in [0, 0.05) is 5.56 Å². The first-order chi connectivity index (χ1) is 15.5. The number of esters is 1. The Kier molecular flexibility index (Phi) is 6.37. The van der Waals surface area contributed by atoms with Crippen molar-refractivity contribution in [1.29, 1.82) is 0 Å². The first kappa shape index (κ1) is 21.4. The number of hydrogen-bond acceptors (Lipinski definition) is 6. The lowest BCUT2D eigenvalue weighted by Crippen LogP contribution is -2.19. The smallest absolute Gasteiger partial charge is 0.343 e. The van der Waals surface area contributed by atoms with Gasteiger partial charge in [0.15, 0.2) is 5.17 Å². The maximum Gasteiger partial charge on any atom is 0.343 e. The third-order valence-electron chi connectivity index (χ3n) is 4.65. The van der Waals surface area contributed by atoms with Gasteiger partial charge < -0.3 is 14.8 Å². The molecule has 1 amide bonds. The molecule has 0 saturated carbocycles. The van der Waals surface area contributed by atoms with Crippen molar-refractivity contribution in [3.63, 3.8) is 0 Å². The highest BCUT2D eigenvalue weighted by Crippen LogP contribution is 2.31. The second-order valence-electron chi connectivity index (χ2n) is 6.97. The molecule has 1 N–H and O–H groups in total. The summed E-state index contributed by atoms with van der Waals surface area (Å²) in [4.78, 5) is 29.9. The molecule has 1 aliphatic rings. The molecule has 0 spiro atoms. The fourth-order valence-corrected chi connectivity index (χ4v) is 3.77. The summed E-state index contributed by atoms with van der Waals surface area (Å²) in [5.41, 5.74) is 2.91. The molecule has 3 aromatic carbocycles. The van der Waals surface area contributed by atoms with Crippen LogP contribution in [0.4, 0.5) is 5.69 Å². The second-order valence-corrected chi connectivity index (χ2v) is 8.00. The summed E-state index contributed by atoms with van der Waals surface area (Å²) >= 11 is 1.24. The lowest BCUT2D eigenvalue weighted by molar-refractivity contribution is -0.115. The van der Waals surface area contributed by atoms with Gasteiger partial charge in [-0.15, -0.1) is 0 Å². The van der Waals surface area contributed by atoms with Crippen molar-refractivity contribution >= 4 is 40.6 Å². The zero-order valence-electron chi connectivity index (χ0n) is 17.5. The number of methoxy groups -OCH3 is 1. The summed E-state index contributed by atoms with van der Waals surface area (Å²) in [6, 6.07) is 21.4. The van der Waals surface area contributed by atoms with E-state index in [4.69, 9.17) is 9.47 Å². The lowest BCUT2D eigenvalue weighted by Gasteiger charge is -2.08. The van der Waals surface area contributed by atoms with Crippen LogP contribution >= 0.6 is 11.8 Å². The Morgan fingerprint density at radius 3 is 2.44 bits per heavy atom. The van der Waals surface area contributed by atoms with Crippen molar-refractivity contribution in [3.05, 3.63) is 94.4 Å². The minimum Gasteiger partial charge on any atom is -0.497 e. The van der Waals surface area contributed by atoms with Gasteiger partial charge in [-0.2, -0.15) is 0 Å². The Morgan fingerprint density at radius 2 is 1.72 bits per heavy atom. The Hall–Kier alpha value is -3.84. The number of nitrogens with one attached hydrogen (secondary N) is 1. The molecule has 7 heteroatoms. The van der Waals surface area contributed by atoms with E-state index in [9.17, 15) is 9.59 Å². The van der Waals surface area contributed by atoms with Crippen LogP contribution < -0.4 is 14.8 Å². The van der Waals surface area contributed by atoms with E-state index in [1.54, 1.807) is 55.7 Å². The number of aryl methyl sites for hydroxylation is 1. The van der Waals surface area contributed by atoms with Crippen molar-refractivity contribution in [1.82, 2.24) is 5.32 Å². The lowest BCUT2D eigenvalue weighted by atomic mass is 10.1. The molecule has 0 bridgehead atoms. The number of thioether (sulfide) groups is 1. The van der Waals surface area contributed by atoms with Crippen LogP contribution in [-0.2, 0) is 4.79 Å². The van der Waals surface area contributed by atoms with Crippen molar-refractivity contribution in [2.24, 2.45) is 4.99 Å². The average molecular weight is 445 g/mol. The van der Waals surface area contributed by atoms with E-state index < -0.39 is 5.97 Å². The molecule has 6 nitrogen and oxygen atoms in total. The van der Waals surface area contributed by atoms with Crippen LogP contribution in [0.1, 0.15) is 21.5 Å². The normalized spacial score (nSPS) is 15.6. The summed E-state index contributed by atoms with van der Waals surface area (Å²) in [5.74, 6) is 0.262. The monoisotopic (exact) mass is 444 g/mol. The van der Waals surface area contributed by atoms with Gasteiger partial charge in [0.2, 0.25) is 0 Å². The van der Waals surface area contributed by atoms with E-state index in [1.807, 2.05) is 37.3 Å². The molecule has 4 rings (SSSR count). The topological polar surface area (TPSA) is 77.0 Å². The average Bonchev–Trinajstić information content (AvgIpc) is 3.15. The van der Waals surface area contributed by atoms with Gasteiger partial charge in [0.05, 0.1) is 23.3 Å². The number of para-hydroxylation sites is 1. The molecule has 1 aliphatic heterocycles. The Labute approximate surface area is 190 Å². The first-order valence-electron chi connectivity index (χ1n) is 9.83. The number of rotatable bonds is 5. The molecule has 3 aromatic rings. The van der Waals surface area contributed by atoms with Crippen molar-refractivity contribution in [2.45, 2.75) is 6.92 Å². The molecule has 0 aliphatic carbocycles. The van der Waals surface area contributed by atoms with Gasteiger partial charge >= 0.3 is 5.97 Å². The van der Waals surface area contributed by atoms with Crippen LogP contribution in [-0.4, -0.2) is 24.2 Å². The predicted octanol–water partition coefficient (Wildman–Crippen LogP) is 5.11. The van der Waals surface area contributed by atoms with Crippen molar-refractivity contribution in [3.8, 4) is 11.5 Å². The highest BCUT2D eigenvalue weighted by atomic mass is 32.2. The summed E-state index contributed by atoms with van der Waals surface area (Å²) in [6.45, 7) is 2.00. The van der Waals surface area contributed by atoms with Crippen molar-refractivity contribution in [2.75, 3.05) is 7.11 Å². The zero-order chi connectivity index (χ0) is 22.5. The number of ether oxygens (including phenoxy) is 2. The van der Waals surface area contributed by atoms with E-state index in [-0.39, 0.29) is 5.91 Å². The third-order valence-corrected chi connectivity index (χ3v) is 5.56. The van der Waals surface area contributed by atoms with Crippen LogP contribution in [0.3, 0.4) is 0 Å². The van der Waals surface area contributed by atoms with Gasteiger partial charge in [-0.1, -0.05) is 35.9 Å². The molecule has 1 fully saturated rings. The largest absolute Gasteiger partial charge is 0.497 e. The van der Waals surface area contributed by atoms with Crippen LogP contribution in [0, 0.1) is 6.92 Å². The summed E-state index contributed by atoms with van der Waals surface area (Å²) in [6.07, 6.45) is 1.69. The Balaban J connectivity index is 1.53. The predicted molar refractivity (Wildman–Crippen MR) is 126 cm³/mol. The zero-order valence-corrected chi connectivity index (χ0v) is 18.3. The number of hydrogen-bond donors (Lipinski definition) is 1. The first-order valence-corrected chi connectivity index (χ1v) is 10.6. The number of nitrogens with zero attached hydrogens (tertiary/aromatic N) is 1. The van der Waals surface area contributed by atoms with E-state index in [0.717, 1.165) is 11.3 Å². The molecule has 1 saturated heterocycles.